The third-order valence-electron chi connectivity index (χ3n) is 2.26. The van der Waals surface area contributed by atoms with Gasteiger partial charge >= 0.3 is 0 Å². The van der Waals surface area contributed by atoms with Crippen LogP contribution in [-0.4, -0.2) is 19.6 Å². The lowest BCUT2D eigenvalue weighted by Crippen LogP contribution is -2.03. The molecule has 3 aromatic rings. The molecule has 1 aromatic carbocycles. The standard InChI is InChI=1S/C9H5F2N5.C2H6/c10-4-1-5-7(6(11)2-4)15-9(12)16-8(5)13-3-14-16;1-2/h1-3H,(H2,12,15);1-2H3. The molecular weight excluding hydrogens is 240 g/mol. The predicted molar refractivity (Wildman–Crippen MR) is 64.0 cm³/mol. The maximum atomic E-state index is 13.4. The van der Waals surface area contributed by atoms with Crippen molar-refractivity contribution >= 4 is 22.5 Å². The molecule has 0 atom stereocenters. The van der Waals surface area contributed by atoms with Gasteiger partial charge in [0.1, 0.15) is 17.7 Å². The molecule has 2 aromatic heterocycles. The fourth-order valence-electron chi connectivity index (χ4n) is 1.60. The molecule has 2 heterocycles. The van der Waals surface area contributed by atoms with Crippen LogP contribution in [0.4, 0.5) is 14.7 Å². The predicted octanol–water partition coefficient (Wildman–Crippen LogP) is 2.16. The van der Waals surface area contributed by atoms with Crippen LogP contribution in [0, 0.1) is 11.6 Å². The van der Waals surface area contributed by atoms with Gasteiger partial charge in [0.05, 0.1) is 5.39 Å². The van der Waals surface area contributed by atoms with E-state index in [-0.39, 0.29) is 22.5 Å². The van der Waals surface area contributed by atoms with Crippen LogP contribution in [-0.2, 0) is 0 Å². The molecule has 0 fully saturated rings. The average Bonchev–Trinajstić information content (AvgIpc) is 2.83. The molecule has 0 aliphatic rings. The lowest BCUT2D eigenvalue weighted by Gasteiger charge is -2.03. The van der Waals surface area contributed by atoms with Gasteiger partial charge < -0.3 is 5.73 Å². The minimum atomic E-state index is -0.771. The zero-order chi connectivity index (χ0) is 13.3. The van der Waals surface area contributed by atoms with Crippen molar-refractivity contribution in [2.24, 2.45) is 0 Å². The number of hydrogen-bond donors (Lipinski definition) is 1. The van der Waals surface area contributed by atoms with E-state index in [1.807, 2.05) is 13.8 Å². The number of rotatable bonds is 0. The van der Waals surface area contributed by atoms with Gasteiger partial charge in [0.25, 0.3) is 0 Å². The number of aromatic nitrogens is 4. The van der Waals surface area contributed by atoms with Gasteiger partial charge in [-0.1, -0.05) is 13.8 Å². The van der Waals surface area contributed by atoms with Crippen LogP contribution in [0.3, 0.4) is 0 Å². The molecule has 0 aliphatic heterocycles. The minimum Gasteiger partial charge on any atom is -0.368 e. The maximum Gasteiger partial charge on any atom is 0.223 e. The SMILES string of the molecule is CC.Nc1nc2c(F)cc(F)cc2c2ncnn12. The summed E-state index contributed by atoms with van der Waals surface area (Å²) in [5, 5.41) is 4.04. The molecule has 0 amide bonds. The number of nitrogens with two attached hydrogens (primary N) is 1. The lowest BCUT2D eigenvalue weighted by atomic mass is 10.2. The van der Waals surface area contributed by atoms with Crippen molar-refractivity contribution in [3.05, 3.63) is 30.1 Å². The van der Waals surface area contributed by atoms with Crippen LogP contribution in [0.15, 0.2) is 18.5 Å². The first-order valence-corrected chi connectivity index (χ1v) is 5.41. The summed E-state index contributed by atoms with van der Waals surface area (Å²) in [6.45, 7) is 4.00. The van der Waals surface area contributed by atoms with E-state index < -0.39 is 11.6 Å². The fraction of sp³-hybridized carbons (Fsp3) is 0.182. The third kappa shape index (κ3) is 1.73. The van der Waals surface area contributed by atoms with Gasteiger partial charge in [0.15, 0.2) is 11.5 Å². The quantitative estimate of drug-likeness (QED) is 0.664. The summed E-state index contributed by atoms with van der Waals surface area (Å²) in [5.74, 6) is -1.46. The highest BCUT2D eigenvalue weighted by atomic mass is 19.1. The zero-order valence-electron chi connectivity index (χ0n) is 9.85. The van der Waals surface area contributed by atoms with Crippen molar-refractivity contribution in [2.75, 3.05) is 5.73 Å². The fourth-order valence-corrected chi connectivity index (χ4v) is 1.60. The molecule has 0 aliphatic carbocycles. The largest absolute Gasteiger partial charge is 0.368 e. The first-order valence-electron chi connectivity index (χ1n) is 5.41. The van der Waals surface area contributed by atoms with Crippen LogP contribution < -0.4 is 5.73 Å². The lowest BCUT2D eigenvalue weighted by molar-refractivity contribution is 0.590. The van der Waals surface area contributed by atoms with E-state index in [0.29, 0.717) is 0 Å². The number of benzene rings is 1. The van der Waals surface area contributed by atoms with E-state index >= 15 is 0 Å². The van der Waals surface area contributed by atoms with Gasteiger partial charge in [-0.2, -0.15) is 9.61 Å². The second-order valence-corrected chi connectivity index (χ2v) is 3.25. The molecule has 0 spiro atoms. The Bertz CT molecular complexity index is 707. The molecule has 0 saturated heterocycles. The molecule has 0 bridgehead atoms. The van der Waals surface area contributed by atoms with Crippen molar-refractivity contribution < 1.29 is 8.78 Å². The normalized spacial score (nSPS) is 10.4. The van der Waals surface area contributed by atoms with Gasteiger partial charge in [-0.25, -0.2) is 18.7 Å². The van der Waals surface area contributed by atoms with Crippen LogP contribution in [0.5, 0.6) is 0 Å². The molecular formula is C11H11F2N5. The summed E-state index contributed by atoms with van der Waals surface area (Å²) in [4.78, 5) is 7.70. The van der Waals surface area contributed by atoms with E-state index in [4.69, 9.17) is 5.73 Å². The summed E-state index contributed by atoms with van der Waals surface area (Å²) in [6.07, 6.45) is 1.25. The Kier molecular flexibility index (Phi) is 3.05. The molecule has 0 radical (unpaired) electrons. The van der Waals surface area contributed by atoms with Gasteiger partial charge in [0.2, 0.25) is 5.95 Å². The molecule has 5 nitrogen and oxygen atoms in total. The van der Waals surface area contributed by atoms with Gasteiger partial charge in [-0.05, 0) is 6.07 Å². The van der Waals surface area contributed by atoms with Crippen molar-refractivity contribution in [2.45, 2.75) is 13.8 Å². The second-order valence-electron chi connectivity index (χ2n) is 3.25. The summed E-state index contributed by atoms with van der Waals surface area (Å²) in [6, 6.07) is 1.90. The molecule has 94 valence electrons. The van der Waals surface area contributed by atoms with E-state index in [1.165, 1.54) is 10.8 Å². The van der Waals surface area contributed by atoms with Crippen molar-refractivity contribution in [1.29, 1.82) is 0 Å². The Morgan fingerprint density at radius 3 is 2.67 bits per heavy atom. The van der Waals surface area contributed by atoms with Crippen molar-refractivity contribution in [3.63, 3.8) is 0 Å². The van der Waals surface area contributed by atoms with Crippen molar-refractivity contribution in [3.8, 4) is 0 Å². The summed E-state index contributed by atoms with van der Waals surface area (Å²) in [5.41, 5.74) is 5.83. The van der Waals surface area contributed by atoms with Crippen LogP contribution in [0.1, 0.15) is 13.8 Å². The van der Waals surface area contributed by atoms with E-state index in [9.17, 15) is 8.78 Å². The minimum absolute atomic E-state index is 0.00510. The topological polar surface area (TPSA) is 69.1 Å². The molecule has 7 heteroatoms. The Labute approximate surface area is 101 Å². The van der Waals surface area contributed by atoms with Crippen LogP contribution >= 0.6 is 0 Å². The summed E-state index contributed by atoms with van der Waals surface area (Å²) in [7, 11) is 0. The van der Waals surface area contributed by atoms with E-state index in [0.717, 1.165) is 12.1 Å². The smallest absolute Gasteiger partial charge is 0.223 e. The Hall–Kier alpha value is -2.31. The average molecular weight is 251 g/mol. The van der Waals surface area contributed by atoms with E-state index in [1.54, 1.807) is 0 Å². The van der Waals surface area contributed by atoms with Gasteiger partial charge in [0, 0.05) is 6.07 Å². The zero-order valence-corrected chi connectivity index (χ0v) is 9.85. The molecule has 2 N–H and O–H groups in total. The highest BCUT2D eigenvalue weighted by molar-refractivity contribution is 5.92. The molecule has 3 rings (SSSR count). The monoisotopic (exact) mass is 251 g/mol. The second kappa shape index (κ2) is 4.52. The number of halogens is 2. The number of nitrogens with zero attached hydrogens (tertiary/aromatic N) is 4. The van der Waals surface area contributed by atoms with Crippen LogP contribution in [0.25, 0.3) is 16.6 Å². The highest BCUT2D eigenvalue weighted by Crippen LogP contribution is 2.22. The first kappa shape index (κ1) is 12.2. The number of anilines is 1. The maximum absolute atomic E-state index is 13.4. The molecule has 18 heavy (non-hydrogen) atoms. The highest BCUT2D eigenvalue weighted by Gasteiger charge is 2.12. The Morgan fingerprint density at radius 2 is 1.94 bits per heavy atom. The number of hydrogen-bond acceptors (Lipinski definition) is 4. The Balaban J connectivity index is 0.000000574. The van der Waals surface area contributed by atoms with Gasteiger partial charge in [-0.15, -0.1) is 0 Å². The first-order chi connectivity index (χ1) is 8.66. The van der Waals surface area contributed by atoms with E-state index in [2.05, 4.69) is 15.1 Å². The summed E-state index contributed by atoms with van der Waals surface area (Å²) < 4.78 is 27.7. The van der Waals surface area contributed by atoms with Crippen molar-refractivity contribution in [1.82, 2.24) is 19.6 Å². The summed E-state index contributed by atoms with van der Waals surface area (Å²) >= 11 is 0. The van der Waals surface area contributed by atoms with Crippen LogP contribution in [0.2, 0.25) is 0 Å². The molecule has 0 unspecified atom stereocenters. The molecule has 0 saturated carbocycles. The Morgan fingerprint density at radius 1 is 1.22 bits per heavy atom. The van der Waals surface area contributed by atoms with Gasteiger partial charge in [-0.3, -0.25) is 0 Å². The number of nitrogen functional groups attached to an aromatic ring is 1. The third-order valence-corrected chi connectivity index (χ3v) is 2.26. The number of fused-ring (bicyclic) bond motifs is 3.